The van der Waals surface area contributed by atoms with E-state index in [-0.39, 0.29) is 30.3 Å². The van der Waals surface area contributed by atoms with Crippen LogP contribution >= 0.6 is 0 Å². The lowest BCUT2D eigenvalue weighted by atomic mass is 10.2. The number of nitro groups is 1. The van der Waals surface area contributed by atoms with Crippen LogP contribution in [-0.2, 0) is 14.3 Å². The van der Waals surface area contributed by atoms with Crippen LogP contribution in [0.25, 0.3) is 11.5 Å². The number of benzene rings is 1. The monoisotopic (exact) mass is 362 g/mol. The summed E-state index contributed by atoms with van der Waals surface area (Å²) in [5.74, 6) is -0.573. The van der Waals surface area contributed by atoms with Crippen LogP contribution in [0.5, 0.6) is 0 Å². The molecule has 0 unspecified atom stereocenters. The smallest absolute Gasteiger partial charge is 0.306 e. The number of aromatic nitrogens is 2. The second-order valence-electron chi connectivity index (χ2n) is 5.55. The molecule has 2 rings (SSSR count). The fourth-order valence-corrected chi connectivity index (χ4v) is 2.12. The van der Waals surface area contributed by atoms with E-state index in [1.807, 2.05) is 0 Å². The molecule has 1 aromatic heterocycles. The quantitative estimate of drug-likeness (QED) is 0.309. The van der Waals surface area contributed by atoms with Crippen molar-refractivity contribution >= 4 is 17.6 Å². The predicted molar refractivity (Wildman–Crippen MR) is 88.6 cm³/mol. The number of esters is 1. The summed E-state index contributed by atoms with van der Waals surface area (Å²) < 4.78 is 10.7. The maximum atomic E-state index is 11.8. The summed E-state index contributed by atoms with van der Waals surface area (Å²) in [6, 6.07) is 5.64. The van der Waals surface area contributed by atoms with E-state index in [4.69, 9.17) is 14.9 Å². The highest BCUT2D eigenvalue weighted by molar-refractivity contribution is 5.73. The molecule has 0 aliphatic rings. The second kappa shape index (κ2) is 8.70. The van der Waals surface area contributed by atoms with Gasteiger partial charge >= 0.3 is 5.97 Å². The highest BCUT2D eigenvalue weighted by atomic mass is 16.6. The maximum Gasteiger partial charge on any atom is 0.306 e. The van der Waals surface area contributed by atoms with E-state index < -0.39 is 22.9 Å². The number of nitrogens with zero attached hydrogens (tertiary/aromatic N) is 3. The van der Waals surface area contributed by atoms with E-state index in [1.165, 1.54) is 24.3 Å². The second-order valence-corrected chi connectivity index (χ2v) is 5.55. The molecule has 138 valence electrons. The molecular formula is C16H18N4O6. The summed E-state index contributed by atoms with van der Waals surface area (Å²) in [6.45, 7) is 1.59. The molecule has 1 aromatic carbocycles. The van der Waals surface area contributed by atoms with Crippen LogP contribution in [-0.4, -0.2) is 27.0 Å². The molecule has 1 atom stereocenters. The van der Waals surface area contributed by atoms with E-state index in [0.29, 0.717) is 18.4 Å². The van der Waals surface area contributed by atoms with Crippen molar-refractivity contribution in [2.45, 2.75) is 38.7 Å². The molecule has 0 saturated carbocycles. The van der Waals surface area contributed by atoms with Crippen LogP contribution in [0.4, 0.5) is 5.69 Å². The maximum absolute atomic E-state index is 11.8. The Morgan fingerprint density at radius 2 is 1.88 bits per heavy atom. The van der Waals surface area contributed by atoms with Gasteiger partial charge in [0.05, 0.1) is 4.92 Å². The molecule has 0 aliphatic heterocycles. The minimum atomic E-state index is -0.738. The fraction of sp³-hybridized carbons (Fsp3) is 0.375. The summed E-state index contributed by atoms with van der Waals surface area (Å²) in [7, 11) is 0. The lowest BCUT2D eigenvalue weighted by Crippen LogP contribution is -2.11. The van der Waals surface area contributed by atoms with Crippen molar-refractivity contribution in [1.82, 2.24) is 10.2 Å². The first-order valence-corrected chi connectivity index (χ1v) is 7.93. The number of hydrogen-bond donors (Lipinski definition) is 1. The number of nitro benzene ring substituents is 1. The molecule has 26 heavy (non-hydrogen) atoms. The van der Waals surface area contributed by atoms with Gasteiger partial charge in [0.25, 0.3) is 11.6 Å². The predicted octanol–water partition coefficient (Wildman–Crippen LogP) is 2.29. The van der Waals surface area contributed by atoms with Gasteiger partial charge in [-0.15, -0.1) is 10.2 Å². The first-order valence-electron chi connectivity index (χ1n) is 7.93. The number of nitrogens with two attached hydrogens (primary N) is 1. The van der Waals surface area contributed by atoms with E-state index in [1.54, 1.807) is 6.92 Å². The van der Waals surface area contributed by atoms with Gasteiger partial charge in [0.15, 0.2) is 6.10 Å². The molecule has 2 aromatic rings. The normalized spacial score (nSPS) is 11.7. The average Bonchev–Trinajstić information content (AvgIpc) is 3.09. The van der Waals surface area contributed by atoms with Crippen molar-refractivity contribution in [3.05, 3.63) is 40.3 Å². The Morgan fingerprint density at radius 3 is 2.50 bits per heavy atom. The van der Waals surface area contributed by atoms with Gasteiger partial charge in [-0.25, -0.2) is 0 Å². The third-order valence-electron chi connectivity index (χ3n) is 3.48. The highest BCUT2D eigenvalue weighted by Crippen LogP contribution is 2.24. The molecule has 0 aliphatic carbocycles. The van der Waals surface area contributed by atoms with Crippen molar-refractivity contribution in [3.8, 4) is 11.5 Å². The first-order chi connectivity index (χ1) is 12.4. The number of amides is 1. The average molecular weight is 362 g/mol. The number of unbranched alkanes of at least 4 members (excludes halogenated alkanes) is 1. The van der Waals surface area contributed by atoms with Gasteiger partial charge in [-0.1, -0.05) is 0 Å². The van der Waals surface area contributed by atoms with Crippen LogP contribution in [0.15, 0.2) is 28.7 Å². The van der Waals surface area contributed by atoms with Crippen molar-refractivity contribution in [1.29, 1.82) is 0 Å². The van der Waals surface area contributed by atoms with Crippen LogP contribution in [0.3, 0.4) is 0 Å². The summed E-state index contributed by atoms with van der Waals surface area (Å²) in [6.07, 6.45) is 0.653. The standard InChI is InChI=1S/C16H18N4O6/c1-10(25-14(22)5-3-2-4-13(17)21)15-18-19-16(26-15)11-6-8-12(9-7-11)20(23)24/h6-10H,2-5H2,1H3,(H2,17,21)/t10-/m0/s1. The lowest BCUT2D eigenvalue weighted by molar-refractivity contribution is -0.384. The van der Waals surface area contributed by atoms with Crippen LogP contribution in [0.1, 0.15) is 44.6 Å². The largest absolute Gasteiger partial charge is 0.453 e. The Morgan fingerprint density at radius 1 is 1.23 bits per heavy atom. The molecule has 1 heterocycles. The molecule has 10 heteroatoms. The van der Waals surface area contributed by atoms with Crippen LogP contribution in [0.2, 0.25) is 0 Å². The zero-order valence-electron chi connectivity index (χ0n) is 14.1. The molecule has 0 radical (unpaired) electrons. The summed E-state index contributed by atoms with van der Waals surface area (Å²) >= 11 is 0. The van der Waals surface area contributed by atoms with Crippen molar-refractivity contribution < 1.29 is 23.7 Å². The SMILES string of the molecule is C[C@H](OC(=O)CCCCC(N)=O)c1nnc(-c2ccc([N+](=O)[O-])cc2)o1. The number of carbonyl (C=O) groups excluding carboxylic acids is 2. The lowest BCUT2D eigenvalue weighted by Gasteiger charge is -2.09. The van der Waals surface area contributed by atoms with Gasteiger partial charge in [0.2, 0.25) is 11.8 Å². The Hall–Kier alpha value is -3.30. The van der Waals surface area contributed by atoms with Gasteiger partial charge in [-0.3, -0.25) is 19.7 Å². The Kier molecular flexibility index (Phi) is 6.36. The van der Waals surface area contributed by atoms with Crippen molar-refractivity contribution in [3.63, 3.8) is 0 Å². The van der Waals surface area contributed by atoms with E-state index in [9.17, 15) is 19.7 Å². The number of rotatable bonds is 9. The third-order valence-corrected chi connectivity index (χ3v) is 3.48. The molecule has 0 bridgehead atoms. The Labute approximate surface area is 148 Å². The molecule has 2 N–H and O–H groups in total. The zero-order chi connectivity index (χ0) is 19.1. The minimum absolute atomic E-state index is 0.0490. The van der Waals surface area contributed by atoms with Gasteiger partial charge in [-0.2, -0.15) is 0 Å². The Bertz CT molecular complexity index is 786. The van der Waals surface area contributed by atoms with Crippen LogP contribution in [0, 0.1) is 10.1 Å². The van der Waals surface area contributed by atoms with Gasteiger partial charge in [0, 0.05) is 30.5 Å². The molecule has 0 saturated heterocycles. The molecule has 0 fully saturated rings. The van der Waals surface area contributed by atoms with Gasteiger partial charge < -0.3 is 14.9 Å². The Balaban J connectivity index is 1.90. The molecular weight excluding hydrogens is 344 g/mol. The number of carbonyl (C=O) groups is 2. The van der Waals surface area contributed by atoms with Crippen LogP contribution < -0.4 is 5.73 Å². The molecule has 1 amide bonds. The number of hydrogen-bond acceptors (Lipinski definition) is 8. The van der Waals surface area contributed by atoms with Gasteiger partial charge in [0.1, 0.15) is 0 Å². The number of non-ortho nitro benzene ring substituents is 1. The van der Waals surface area contributed by atoms with E-state index >= 15 is 0 Å². The van der Waals surface area contributed by atoms with E-state index in [0.717, 1.165) is 0 Å². The third kappa shape index (κ3) is 5.36. The number of ether oxygens (including phenoxy) is 1. The zero-order valence-corrected chi connectivity index (χ0v) is 14.1. The molecule has 0 spiro atoms. The fourth-order valence-electron chi connectivity index (χ4n) is 2.12. The number of primary amides is 1. The van der Waals surface area contributed by atoms with E-state index in [2.05, 4.69) is 10.2 Å². The summed E-state index contributed by atoms with van der Waals surface area (Å²) in [5.41, 5.74) is 5.49. The molecule has 10 nitrogen and oxygen atoms in total. The minimum Gasteiger partial charge on any atom is -0.453 e. The highest BCUT2D eigenvalue weighted by Gasteiger charge is 2.19. The summed E-state index contributed by atoms with van der Waals surface area (Å²) in [5, 5.41) is 18.3. The van der Waals surface area contributed by atoms with Gasteiger partial charge in [-0.05, 0) is 31.9 Å². The van der Waals surface area contributed by atoms with Crippen molar-refractivity contribution in [2.24, 2.45) is 5.73 Å². The van der Waals surface area contributed by atoms with Crippen molar-refractivity contribution in [2.75, 3.05) is 0 Å². The first kappa shape index (κ1) is 19.0. The summed E-state index contributed by atoms with van der Waals surface area (Å²) in [4.78, 5) is 32.5. The topological polar surface area (TPSA) is 151 Å².